The van der Waals surface area contributed by atoms with Gasteiger partial charge < -0.3 is 10.1 Å². The van der Waals surface area contributed by atoms with Crippen LogP contribution in [0.4, 0.5) is 0 Å². The molecule has 0 aliphatic carbocycles. The average molecular weight is 365 g/mol. The first-order chi connectivity index (χ1) is 12.9. The second-order valence-corrected chi connectivity index (χ2v) is 6.63. The molecule has 1 aromatic heterocycles. The second-order valence-electron chi connectivity index (χ2n) is 6.63. The summed E-state index contributed by atoms with van der Waals surface area (Å²) in [4.78, 5) is 24.9. The van der Waals surface area contributed by atoms with E-state index < -0.39 is 0 Å². The topological polar surface area (TPSA) is 73.2 Å². The van der Waals surface area contributed by atoms with Gasteiger partial charge in [-0.15, -0.1) is 0 Å². The van der Waals surface area contributed by atoms with Crippen LogP contribution in [0.25, 0.3) is 10.8 Å². The van der Waals surface area contributed by atoms with Crippen molar-refractivity contribution in [2.24, 2.45) is 7.05 Å². The van der Waals surface area contributed by atoms with Crippen LogP contribution in [-0.4, -0.2) is 22.8 Å². The Kier molecular flexibility index (Phi) is 5.26. The van der Waals surface area contributed by atoms with Crippen LogP contribution in [0.2, 0.25) is 0 Å². The Morgan fingerprint density at radius 3 is 2.63 bits per heavy atom. The molecule has 6 heteroatoms. The smallest absolute Gasteiger partial charge is 0.274 e. The number of aryl methyl sites for hydroxylation is 2. The standard InChI is InChI=1S/C21H23N3O3/c1-13-9-10-19(27-4)17(11-13)14(2)22-20(25)12-18-15-7-5-6-8-16(15)21(26)24(3)23-18/h5-11,14H,12H2,1-4H3,(H,22,25)/t14-/m0/s1. The molecule has 3 rings (SSSR count). The summed E-state index contributed by atoms with van der Waals surface area (Å²) in [6, 6.07) is 12.9. The van der Waals surface area contributed by atoms with Gasteiger partial charge >= 0.3 is 0 Å². The number of methoxy groups -OCH3 is 1. The third-order valence-corrected chi connectivity index (χ3v) is 4.59. The zero-order chi connectivity index (χ0) is 19.6. The quantitative estimate of drug-likeness (QED) is 0.754. The Balaban J connectivity index is 1.85. The second kappa shape index (κ2) is 7.61. The highest BCUT2D eigenvalue weighted by Crippen LogP contribution is 2.26. The van der Waals surface area contributed by atoms with Crippen molar-refractivity contribution in [3.63, 3.8) is 0 Å². The molecule has 3 aromatic rings. The number of rotatable bonds is 5. The van der Waals surface area contributed by atoms with Gasteiger partial charge in [-0.25, -0.2) is 4.68 Å². The van der Waals surface area contributed by atoms with Gasteiger partial charge in [0.1, 0.15) is 5.75 Å². The molecule has 1 N–H and O–H groups in total. The van der Waals surface area contributed by atoms with Crippen molar-refractivity contribution < 1.29 is 9.53 Å². The number of fused-ring (bicyclic) bond motifs is 1. The Morgan fingerprint density at radius 1 is 1.22 bits per heavy atom. The highest BCUT2D eigenvalue weighted by Gasteiger charge is 2.17. The molecule has 1 atom stereocenters. The van der Waals surface area contributed by atoms with Gasteiger partial charge in [0.15, 0.2) is 0 Å². The van der Waals surface area contributed by atoms with Crippen LogP contribution in [0.1, 0.15) is 29.8 Å². The first kappa shape index (κ1) is 18.6. The summed E-state index contributed by atoms with van der Waals surface area (Å²) in [5, 5.41) is 8.55. The van der Waals surface area contributed by atoms with E-state index >= 15 is 0 Å². The zero-order valence-corrected chi connectivity index (χ0v) is 15.9. The van der Waals surface area contributed by atoms with Gasteiger partial charge in [0, 0.05) is 18.0 Å². The summed E-state index contributed by atoms with van der Waals surface area (Å²) >= 11 is 0. The summed E-state index contributed by atoms with van der Waals surface area (Å²) in [6.45, 7) is 3.92. The van der Waals surface area contributed by atoms with E-state index in [1.165, 1.54) is 4.68 Å². The molecule has 2 aromatic carbocycles. The summed E-state index contributed by atoms with van der Waals surface area (Å²) in [6.07, 6.45) is 0.0904. The number of nitrogens with zero attached hydrogens (tertiary/aromatic N) is 2. The molecule has 0 spiro atoms. The van der Waals surface area contributed by atoms with Gasteiger partial charge in [-0.3, -0.25) is 9.59 Å². The van der Waals surface area contributed by atoms with Crippen molar-refractivity contribution in [2.45, 2.75) is 26.3 Å². The molecular weight excluding hydrogens is 342 g/mol. The van der Waals surface area contributed by atoms with Crippen LogP contribution in [0.5, 0.6) is 5.75 Å². The fourth-order valence-corrected chi connectivity index (χ4v) is 3.22. The zero-order valence-electron chi connectivity index (χ0n) is 15.9. The molecule has 1 amide bonds. The lowest BCUT2D eigenvalue weighted by Crippen LogP contribution is -2.30. The number of hydrogen-bond acceptors (Lipinski definition) is 4. The molecule has 0 saturated heterocycles. The molecule has 0 radical (unpaired) electrons. The highest BCUT2D eigenvalue weighted by atomic mass is 16.5. The number of carbonyl (C=O) groups excluding carboxylic acids is 1. The van der Waals surface area contributed by atoms with E-state index in [9.17, 15) is 9.59 Å². The molecule has 27 heavy (non-hydrogen) atoms. The molecule has 0 aliphatic heterocycles. The number of hydrogen-bond donors (Lipinski definition) is 1. The number of nitrogens with one attached hydrogen (secondary N) is 1. The largest absolute Gasteiger partial charge is 0.496 e. The summed E-state index contributed by atoms with van der Waals surface area (Å²) in [7, 11) is 3.21. The Labute approximate surface area is 157 Å². The van der Waals surface area contributed by atoms with E-state index in [1.54, 1.807) is 26.3 Å². The van der Waals surface area contributed by atoms with Gasteiger partial charge in [0.05, 0.1) is 30.7 Å². The Hall–Kier alpha value is -3.15. The fourth-order valence-electron chi connectivity index (χ4n) is 3.22. The van der Waals surface area contributed by atoms with E-state index in [2.05, 4.69) is 10.4 Å². The van der Waals surface area contributed by atoms with Crippen molar-refractivity contribution in [3.8, 4) is 5.75 Å². The molecule has 6 nitrogen and oxygen atoms in total. The molecule has 0 bridgehead atoms. The van der Waals surface area contributed by atoms with Crippen LogP contribution >= 0.6 is 0 Å². The van der Waals surface area contributed by atoms with Gasteiger partial charge in [0.2, 0.25) is 5.91 Å². The molecular formula is C21H23N3O3. The minimum atomic E-state index is -0.217. The number of carbonyl (C=O) groups is 1. The molecule has 140 valence electrons. The Bertz CT molecular complexity index is 1060. The number of amides is 1. The predicted molar refractivity (Wildman–Crippen MR) is 105 cm³/mol. The maximum Gasteiger partial charge on any atom is 0.274 e. The summed E-state index contributed by atoms with van der Waals surface area (Å²) in [5.41, 5.74) is 2.42. The third-order valence-electron chi connectivity index (χ3n) is 4.59. The van der Waals surface area contributed by atoms with E-state index in [0.717, 1.165) is 16.9 Å². The fraction of sp³-hybridized carbons (Fsp3) is 0.286. The van der Waals surface area contributed by atoms with Crippen LogP contribution < -0.4 is 15.6 Å². The lowest BCUT2D eigenvalue weighted by molar-refractivity contribution is -0.121. The minimum absolute atomic E-state index is 0.0904. The average Bonchev–Trinajstić information content (AvgIpc) is 2.65. The summed E-state index contributed by atoms with van der Waals surface area (Å²) < 4.78 is 6.68. The third kappa shape index (κ3) is 3.84. The van der Waals surface area contributed by atoms with E-state index in [0.29, 0.717) is 16.5 Å². The SMILES string of the molecule is COc1ccc(C)cc1[C@H](C)NC(=O)Cc1nn(C)c(=O)c2ccccc12. The van der Waals surface area contributed by atoms with Crippen LogP contribution in [-0.2, 0) is 18.3 Å². The summed E-state index contributed by atoms with van der Waals surface area (Å²) in [5.74, 6) is 0.571. The number of aromatic nitrogens is 2. The van der Waals surface area contributed by atoms with Crippen molar-refractivity contribution in [1.82, 2.24) is 15.1 Å². The van der Waals surface area contributed by atoms with Gasteiger partial charge in [-0.1, -0.05) is 35.9 Å². The molecule has 0 unspecified atom stereocenters. The van der Waals surface area contributed by atoms with Crippen molar-refractivity contribution in [1.29, 1.82) is 0 Å². The Morgan fingerprint density at radius 2 is 1.93 bits per heavy atom. The molecule has 1 heterocycles. The van der Waals surface area contributed by atoms with E-state index in [4.69, 9.17) is 4.74 Å². The minimum Gasteiger partial charge on any atom is -0.496 e. The molecule has 0 fully saturated rings. The maximum absolute atomic E-state index is 12.6. The number of benzene rings is 2. The van der Waals surface area contributed by atoms with Gasteiger partial charge in [-0.05, 0) is 26.0 Å². The first-order valence-electron chi connectivity index (χ1n) is 8.79. The van der Waals surface area contributed by atoms with Crippen molar-refractivity contribution in [3.05, 3.63) is 69.6 Å². The lowest BCUT2D eigenvalue weighted by atomic mass is 10.0. The monoisotopic (exact) mass is 365 g/mol. The van der Waals surface area contributed by atoms with Crippen LogP contribution in [0.15, 0.2) is 47.3 Å². The van der Waals surface area contributed by atoms with Crippen molar-refractivity contribution >= 4 is 16.7 Å². The van der Waals surface area contributed by atoms with Gasteiger partial charge in [-0.2, -0.15) is 5.10 Å². The maximum atomic E-state index is 12.6. The van der Waals surface area contributed by atoms with E-state index in [1.807, 2.05) is 44.2 Å². The van der Waals surface area contributed by atoms with Crippen LogP contribution in [0.3, 0.4) is 0 Å². The van der Waals surface area contributed by atoms with Crippen molar-refractivity contribution in [2.75, 3.05) is 7.11 Å². The van der Waals surface area contributed by atoms with Crippen LogP contribution in [0, 0.1) is 6.92 Å². The molecule has 0 aliphatic rings. The van der Waals surface area contributed by atoms with Gasteiger partial charge in [0.25, 0.3) is 5.56 Å². The molecule has 0 saturated carbocycles. The number of ether oxygens (including phenoxy) is 1. The predicted octanol–water partition coefficient (Wildman–Crippen LogP) is 2.67. The first-order valence-corrected chi connectivity index (χ1v) is 8.79. The normalized spacial score (nSPS) is 12.0. The highest BCUT2D eigenvalue weighted by molar-refractivity contribution is 5.88. The van der Waals surface area contributed by atoms with E-state index in [-0.39, 0.29) is 23.9 Å². The lowest BCUT2D eigenvalue weighted by Gasteiger charge is -2.18.